The van der Waals surface area contributed by atoms with Crippen molar-refractivity contribution in [1.82, 2.24) is 5.32 Å². The molecule has 0 fully saturated rings. The summed E-state index contributed by atoms with van der Waals surface area (Å²) < 4.78 is 0. The fourth-order valence-electron chi connectivity index (χ4n) is 1.11. The van der Waals surface area contributed by atoms with Crippen LogP contribution in [0.15, 0.2) is 24.3 Å². The van der Waals surface area contributed by atoms with Gasteiger partial charge in [-0.05, 0) is 18.6 Å². The van der Waals surface area contributed by atoms with Crippen LogP contribution in [0.3, 0.4) is 0 Å². The first-order valence-corrected chi connectivity index (χ1v) is 5.03. The van der Waals surface area contributed by atoms with Gasteiger partial charge in [0.2, 0.25) is 5.91 Å². The summed E-state index contributed by atoms with van der Waals surface area (Å²) in [5.41, 5.74) is 1.48. The Labute approximate surface area is 93.4 Å². The lowest BCUT2D eigenvalue weighted by Crippen LogP contribution is -2.29. The Morgan fingerprint density at radius 3 is 2.93 bits per heavy atom. The lowest BCUT2D eigenvalue weighted by molar-refractivity contribution is -0.120. The predicted molar refractivity (Wildman–Crippen MR) is 59.0 cm³/mol. The smallest absolute Gasteiger partial charge is 0.238 e. The van der Waals surface area contributed by atoms with Gasteiger partial charge in [0, 0.05) is 12.1 Å². The molecule has 3 nitrogen and oxygen atoms in total. The molecular weight excluding hydrogens is 214 g/mol. The Balaban J connectivity index is 2.57. The Bertz CT molecular complexity index is 363. The van der Waals surface area contributed by atoms with Crippen LogP contribution in [0.5, 0.6) is 0 Å². The van der Waals surface area contributed by atoms with Gasteiger partial charge < -0.3 is 5.32 Å². The van der Waals surface area contributed by atoms with Gasteiger partial charge in [0.05, 0.1) is 0 Å². The summed E-state index contributed by atoms with van der Waals surface area (Å²) in [6.45, 7) is 2.00. The van der Waals surface area contributed by atoms with Gasteiger partial charge >= 0.3 is 0 Å². The van der Waals surface area contributed by atoms with E-state index in [-0.39, 0.29) is 5.91 Å². The van der Waals surface area contributed by atoms with Crippen molar-refractivity contribution in [1.29, 1.82) is 0 Å². The highest BCUT2D eigenvalue weighted by Gasteiger charge is 2.07. The van der Waals surface area contributed by atoms with Gasteiger partial charge in [0.1, 0.15) is 11.7 Å². The van der Waals surface area contributed by atoms with Crippen LogP contribution in [0.25, 0.3) is 0 Å². The number of aldehydes is 1. The summed E-state index contributed by atoms with van der Waals surface area (Å²) >= 11 is 5.58. The zero-order chi connectivity index (χ0) is 11.3. The molecule has 0 unspecified atom stereocenters. The molecule has 0 heterocycles. The van der Waals surface area contributed by atoms with Gasteiger partial charge in [-0.1, -0.05) is 18.2 Å². The van der Waals surface area contributed by atoms with Crippen molar-refractivity contribution >= 4 is 23.8 Å². The van der Waals surface area contributed by atoms with Crippen LogP contribution < -0.4 is 5.32 Å². The maximum atomic E-state index is 11.2. The van der Waals surface area contributed by atoms with E-state index >= 15 is 0 Å². The SMILES string of the molecule is C[C@H](Cl)C(=O)NCc1cccc(C=O)c1. The van der Waals surface area contributed by atoms with Crippen LogP contribution >= 0.6 is 11.6 Å². The second-order valence-corrected chi connectivity index (χ2v) is 3.85. The van der Waals surface area contributed by atoms with Crippen molar-refractivity contribution < 1.29 is 9.59 Å². The number of benzene rings is 1. The molecule has 4 heteroatoms. The number of rotatable bonds is 4. The van der Waals surface area contributed by atoms with Gasteiger partial charge in [-0.25, -0.2) is 0 Å². The van der Waals surface area contributed by atoms with Crippen LogP contribution in [-0.4, -0.2) is 17.6 Å². The largest absolute Gasteiger partial charge is 0.351 e. The molecule has 1 atom stereocenters. The fraction of sp³-hybridized carbons (Fsp3) is 0.273. The van der Waals surface area contributed by atoms with Crippen LogP contribution in [0.2, 0.25) is 0 Å². The Morgan fingerprint density at radius 1 is 1.60 bits per heavy atom. The Hall–Kier alpha value is -1.35. The van der Waals surface area contributed by atoms with Crippen molar-refractivity contribution in [3.8, 4) is 0 Å². The van der Waals surface area contributed by atoms with Gasteiger partial charge in [0.15, 0.2) is 0 Å². The van der Waals surface area contributed by atoms with E-state index in [0.29, 0.717) is 12.1 Å². The number of carbonyl (C=O) groups excluding carboxylic acids is 2. The lowest BCUT2D eigenvalue weighted by Gasteiger charge is -2.06. The highest BCUT2D eigenvalue weighted by atomic mass is 35.5. The minimum atomic E-state index is -0.542. The first kappa shape index (κ1) is 11.7. The van der Waals surface area contributed by atoms with Crippen molar-refractivity contribution in [3.05, 3.63) is 35.4 Å². The summed E-state index contributed by atoms with van der Waals surface area (Å²) in [6, 6.07) is 7.05. The van der Waals surface area contributed by atoms with E-state index in [1.165, 1.54) is 0 Å². The second kappa shape index (κ2) is 5.51. The van der Waals surface area contributed by atoms with Gasteiger partial charge in [0.25, 0.3) is 0 Å². The molecule has 1 N–H and O–H groups in total. The summed E-state index contributed by atoms with van der Waals surface area (Å²) in [5, 5.41) is 2.12. The molecule has 0 aliphatic heterocycles. The molecule has 1 aromatic rings. The lowest BCUT2D eigenvalue weighted by atomic mass is 10.1. The molecular formula is C11H12ClNO2. The third-order valence-corrected chi connectivity index (χ3v) is 2.11. The third-order valence-electron chi connectivity index (χ3n) is 1.92. The van der Waals surface area contributed by atoms with E-state index in [4.69, 9.17) is 11.6 Å². The molecule has 0 aliphatic carbocycles. The van der Waals surface area contributed by atoms with Crippen molar-refractivity contribution in [2.75, 3.05) is 0 Å². The molecule has 0 saturated heterocycles. The highest BCUT2D eigenvalue weighted by molar-refractivity contribution is 6.30. The average Bonchev–Trinajstić information content (AvgIpc) is 2.26. The molecule has 0 radical (unpaired) electrons. The zero-order valence-electron chi connectivity index (χ0n) is 8.37. The maximum Gasteiger partial charge on any atom is 0.238 e. The molecule has 1 aromatic carbocycles. The van der Waals surface area contributed by atoms with Crippen molar-refractivity contribution in [2.24, 2.45) is 0 Å². The Kier molecular flexibility index (Phi) is 4.31. The predicted octanol–water partition coefficient (Wildman–Crippen LogP) is 1.74. The average molecular weight is 226 g/mol. The molecule has 0 aliphatic rings. The number of halogens is 1. The first-order chi connectivity index (χ1) is 7.13. The summed E-state index contributed by atoms with van der Waals surface area (Å²) in [5.74, 6) is -0.215. The molecule has 0 aromatic heterocycles. The third kappa shape index (κ3) is 3.72. The number of hydrogen-bond acceptors (Lipinski definition) is 2. The van der Waals surface area contributed by atoms with E-state index in [9.17, 15) is 9.59 Å². The molecule has 1 rings (SSSR count). The van der Waals surface area contributed by atoms with Crippen molar-refractivity contribution in [2.45, 2.75) is 18.8 Å². The van der Waals surface area contributed by atoms with E-state index in [1.807, 2.05) is 6.07 Å². The molecule has 15 heavy (non-hydrogen) atoms. The van der Waals surface area contributed by atoms with E-state index in [2.05, 4.69) is 5.32 Å². The van der Waals surface area contributed by atoms with Gasteiger partial charge in [-0.2, -0.15) is 0 Å². The van der Waals surface area contributed by atoms with Crippen LogP contribution in [-0.2, 0) is 11.3 Å². The van der Waals surface area contributed by atoms with Crippen LogP contribution in [0.4, 0.5) is 0 Å². The molecule has 0 saturated carbocycles. The van der Waals surface area contributed by atoms with E-state index < -0.39 is 5.38 Å². The van der Waals surface area contributed by atoms with Gasteiger partial charge in [-0.3, -0.25) is 9.59 Å². The maximum absolute atomic E-state index is 11.2. The second-order valence-electron chi connectivity index (χ2n) is 3.20. The summed E-state index contributed by atoms with van der Waals surface area (Å²) in [4.78, 5) is 21.7. The molecule has 0 bridgehead atoms. The van der Waals surface area contributed by atoms with Crippen LogP contribution in [0, 0.1) is 0 Å². The minimum Gasteiger partial charge on any atom is -0.351 e. The number of hydrogen-bond donors (Lipinski definition) is 1. The quantitative estimate of drug-likeness (QED) is 0.627. The summed E-state index contributed by atoms with van der Waals surface area (Å²) in [6.07, 6.45) is 0.773. The first-order valence-electron chi connectivity index (χ1n) is 4.59. The molecule has 80 valence electrons. The van der Waals surface area contributed by atoms with Crippen LogP contribution in [0.1, 0.15) is 22.8 Å². The normalized spacial score (nSPS) is 11.9. The number of nitrogens with one attached hydrogen (secondary N) is 1. The monoisotopic (exact) mass is 225 g/mol. The number of amides is 1. The molecule has 1 amide bonds. The van der Waals surface area contributed by atoms with Gasteiger partial charge in [-0.15, -0.1) is 11.6 Å². The molecule has 0 spiro atoms. The van der Waals surface area contributed by atoms with E-state index in [0.717, 1.165) is 11.8 Å². The Morgan fingerprint density at radius 2 is 2.33 bits per heavy atom. The fourth-order valence-corrected chi connectivity index (χ4v) is 1.18. The van der Waals surface area contributed by atoms with Crippen molar-refractivity contribution in [3.63, 3.8) is 0 Å². The number of carbonyl (C=O) groups is 2. The number of alkyl halides is 1. The van der Waals surface area contributed by atoms with E-state index in [1.54, 1.807) is 25.1 Å². The highest BCUT2D eigenvalue weighted by Crippen LogP contribution is 2.03. The minimum absolute atomic E-state index is 0.215. The zero-order valence-corrected chi connectivity index (χ0v) is 9.12. The standard InChI is InChI=1S/C11H12ClNO2/c1-8(12)11(15)13-6-9-3-2-4-10(5-9)7-14/h2-5,7-8H,6H2,1H3,(H,13,15)/t8-/m0/s1. The summed E-state index contributed by atoms with van der Waals surface area (Å²) in [7, 11) is 0. The topological polar surface area (TPSA) is 46.2 Å².